The molecule has 0 bridgehead atoms. The summed E-state index contributed by atoms with van der Waals surface area (Å²) < 4.78 is 23.5. The monoisotopic (exact) mass is 342 g/mol. The number of nitrogens with one attached hydrogen (secondary N) is 1. The highest BCUT2D eigenvalue weighted by Crippen LogP contribution is 2.40. The molecule has 7 nitrogen and oxygen atoms in total. The number of benzene rings is 1. The van der Waals surface area contributed by atoms with Crippen LogP contribution < -0.4 is 5.32 Å². The smallest absolute Gasteiger partial charge is 0.246 e. The van der Waals surface area contributed by atoms with Crippen molar-refractivity contribution in [1.29, 1.82) is 0 Å². The van der Waals surface area contributed by atoms with Crippen molar-refractivity contribution in [2.75, 3.05) is 0 Å². The molecule has 3 aromatic rings. The second kappa shape index (κ2) is 6.46. The van der Waals surface area contributed by atoms with Gasteiger partial charge in [0.05, 0.1) is 13.0 Å². The lowest BCUT2D eigenvalue weighted by molar-refractivity contribution is -0.120. The molecule has 0 aliphatic heterocycles. The predicted molar refractivity (Wildman–Crippen MR) is 83.7 cm³/mol. The molecular formula is C17H15FN4O3. The third kappa shape index (κ3) is 3.73. The fourth-order valence-corrected chi connectivity index (χ4v) is 2.45. The van der Waals surface area contributed by atoms with E-state index in [9.17, 15) is 9.18 Å². The minimum Gasteiger partial charge on any atom is -0.360 e. The Balaban J connectivity index is 1.33. The number of carbonyl (C=O) groups is 1. The summed E-state index contributed by atoms with van der Waals surface area (Å²) in [6.07, 6.45) is 2.31. The highest BCUT2D eigenvalue weighted by Gasteiger charge is 2.28. The molecule has 128 valence electrons. The zero-order valence-electron chi connectivity index (χ0n) is 13.2. The molecule has 4 rings (SSSR count). The first-order chi connectivity index (χ1) is 12.2. The van der Waals surface area contributed by atoms with Crippen molar-refractivity contribution in [3.63, 3.8) is 0 Å². The summed E-state index contributed by atoms with van der Waals surface area (Å²) in [4.78, 5) is 16.1. The van der Waals surface area contributed by atoms with Gasteiger partial charge in [-0.2, -0.15) is 4.98 Å². The van der Waals surface area contributed by atoms with E-state index in [4.69, 9.17) is 9.05 Å². The van der Waals surface area contributed by atoms with E-state index in [2.05, 4.69) is 20.6 Å². The SMILES string of the molecule is O=C(Cc1cccc(F)c1)NCc1nc(-c2cc(C3CC3)on2)no1. The van der Waals surface area contributed by atoms with Crippen molar-refractivity contribution in [3.8, 4) is 11.5 Å². The van der Waals surface area contributed by atoms with E-state index >= 15 is 0 Å². The second-order valence-electron chi connectivity index (χ2n) is 5.98. The van der Waals surface area contributed by atoms with Gasteiger partial charge in [-0.05, 0) is 30.5 Å². The molecule has 1 amide bonds. The fraction of sp³-hybridized carbons (Fsp3) is 0.294. The first kappa shape index (κ1) is 15.5. The maximum absolute atomic E-state index is 13.1. The van der Waals surface area contributed by atoms with Crippen LogP contribution in [0.2, 0.25) is 0 Å². The molecule has 25 heavy (non-hydrogen) atoms. The Bertz CT molecular complexity index is 901. The lowest BCUT2D eigenvalue weighted by Gasteiger charge is -2.02. The van der Waals surface area contributed by atoms with E-state index in [1.54, 1.807) is 12.1 Å². The topological polar surface area (TPSA) is 94.1 Å². The zero-order valence-corrected chi connectivity index (χ0v) is 13.2. The molecule has 1 saturated carbocycles. The van der Waals surface area contributed by atoms with E-state index < -0.39 is 0 Å². The van der Waals surface area contributed by atoms with Crippen molar-refractivity contribution in [3.05, 3.63) is 53.4 Å². The van der Waals surface area contributed by atoms with Gasteiger partial charge in [-0.1, -0.05) is 22.4 Å². The number of rotatable bonds is 6. The van der Waals surface area contributed by atoms with Gasteiger partial charge in [-0.25, -0.2) is 4.39 Å². The van der Waals surface area contributed by atoms with Crippen LogP contribution in [-0.2, 0) is 17.8 Å². The highest BCUT2D eigenvalue weighted by molar-refractivity contribution is 5.78. The van der Waals surface area contributed by atoms with Crippen LogP contribution in [0.4, 0.5) is 4.39 Å². The van der Waals surface area contributed by atoms with E-state index in [1.807, 2.05) is 6.07 Å². The van der Waals surface area contributed by atoms with Gasteiger partial charge in [0.1, 0.15) is 11.6 Å². The number of hydrogen-bond acceptors (Lipinski definition) is 6. The van der Waals surface area contributed by atoms with E-state index in [-0.39, 0.29) is 30.6 Å². The number of nitrogens with zero attached hydrogens (tertiary/aromatic N) is 3. The number of hydrogen-bond donors (Lipinski definition) is 1. The lowest BCUT2D eigenvalue weighted by Crippen LogP contribution is -2.24. The molecule has 0 unspecified atom stereocenters. The average molecular weight is 342 g/mol. The summed E-state index contributed by atoms with van der Waals surface area (Å²) in [5, 5.41) is 10.4. The Hall–Kier alpha value is -3.03. The molecule has 0 saturated heterocycles. The van der Waals surface area contributed by atoms with Crippen molar-refractivity contribution >= 4 is 5.91 Å². The van der Waals surface area contributed by atoms with Crippen LogP contribution in [0, 0.1) is 5.82 Å². The van der Waals surface area contributed by atoms with Crippen LogP contribution in [0.3, 0.4) is 0 Å². The van der Waals surface area contributed by atoms with Crippen LogP contribution in [0.5, 0.6) is 0 Å². The average Bonchev–Trinajstić information content (AvgIpc) is 3.14. The third-order valence-corrected chi connectivity index (χ3v) is 3.90. The molecule has 2 heterocycles. The molecule has 0 spiro atoms. The molecule has 1 fully saturated rings. The van der Waals surface area contributed by atoms with Gasteiger partial charge >= 0.3 is 0 Å². The lowest BCUT2D eigenvalue weighted by atomic mass is 10.1. The summed E-state index contributed by atoms with van der Waals surface area (Å²) in [5.74, 6) is 1.25. The summed E-state index contributed by atoms with van der Waals surface area (Å²) in [5.41, 5.74) is 1.11. The maximum Gasteiger partial charge on any atom is 0.246 e. The van der Waals surface area contributed by atoms with Gasteiger partial charge < -0.3 is 14.4 Å². The van der Waals surface area contributed by atoms with Crippen molar-refractivity contribution in [2.24, 2.45) is 0 Å². The van der Waals surface area contributed by atoms with Gasteiger partial charge in [0.25, 0.3) is 0 Å². The molecule has 2 aromatic heterocycles. The largest absolute Gasteiger partial charge is 0.360 e. The first-order valence-electron chi connectivity index (χ1n) is 7.98. The number of halogens is 1. The van der Waals surface area contributed by atoms with Crippen LogP contribution in [-0.4, -0.2) is 21.2 Å². The Labute approximate surface area is 142 Å². The van der Waals surface area contributed by atoms with Gasteiger partial charge in [-0.15, -0.1) is 0 Å². The molecule has 1 aromatic carbocycles. The zero-order chi connectivity index (χ0) is 17.2. The Morgan fingerprint density at radius 2 is 2.12 bits per heavy atom. The number of aromatic nitrogens is 3. The highest BCUT2D eigenvalue weighted by atomic mass is 19.1. The minimum absolute atomic E-state index is 0.0762. The molecule has 1 N–H and O–H groups in total. The molecule has 1 aliphatic rings. The van der Waals surface area contributed by atoms with Crippen molar-refractivity contribution < 1.29 is 18.2 Å². The quantitative estimate of drug-likeness (QED) is 0.740. The normalized spacial score (nSPS) is 13.8. The first-order valence-corrected chi connectivity index (χ1v) is 7.98. The van der Waals surface area contributed by atoms with Crippen LogP contribution in [0.25, 0.3) is 11.5 Å². The molecule has 8 heteroatoms. The molecule has 0 atom stereocenters. The Morgan fingerprint density at radius 1 is 1.24 bits per heavy atom. The van der Waals surface area contributed by atoms with E-state index in [0.717, 1.165) is 18.6 Å². The summed E-state index contributed by atoms with van der Waals surface area (Å²) in [6.45, 7) is 0.0917. The van der Waals surface area contributed by atoms with Crippen molar-refractivity contribution in [2.45, 2.75) is 31.7 Å². The van der Waals surface area contributed by atoms with Crippen LogP contribution in [0.1, 0.15) is 36.0 Å². The molecular weight excluding hydrogens is 327 g/mol. The molecule has 0 radical (unpaired) electrons. The maximum atomic E-state index is 13.1. The summed E-state index contributed by atoms with van der Waals surface area (Å²) >= 11 is 0. The number of carbonyl (C=O) groups excluding carboxylic acids is 1. The van der Waals surface area contributed by atoms with Gasteiger partial charge in [0, 0.05) is 12.0 Å². The summed E-state index contributed by atoms with van der Waals surface area (Å²) in [7, 11) is 0. The van der Waals surface area contributed by atoms with Gasteiger partial charge in [0.2, 0.25) is 17.6 Å². The fourth-order valence-electron chi connectivity index (χ4n) is 2.45. The van der Waals surface area contributed by atoms with Crippen LogP contribution >= 0.6 is 0 Å². The standard InChI is InChI=1S/C17H15FN4O3/c18-12-3-1-2-10(6-12)7-15(23)19-9-16-20-17(22-25-16)13-8-14(24-21-13)11-4-5-11/h1-3,6,8,11H,4-5,7,9H2,(H,19,23). The summed E-state index contributed by atoms with van der Waals surface area (Å²) in [6, 6.07) is 7.73. The van der Waals surface area contributed by atoms with Gasteiger partial charge in [0.15, 0.2) is 5.69 Å². The predicted octanol–water partition coefficient (Wildman–Crippen LogP) is 2.60. The van der Waals surface area contributed by atoms with E-state index in [0.29, 0.717) is 23.0 Å². The molecule has 1 aliphatic carbocycles. The third-order valence-electron chi connectivity index (χ3n) is 3.90. The van der Waals surface area contributed by atoms with Gasteiger partial charge in [-0.3, -0.25) is 4.79 Å². The van der Waals surface area contributed by atoms with Crippen LogP contribution in [0.15, 0.2) is 39.4 Å². The Kier molecular flexibility index (Phi) is 4.01. The minimum atomic E-state index is -0.370. The number of amides is 1. The Morgan fingerprint density at radius 3 is 2.92 bits per heavy atom. The van der Waals surface area contributed by atoms with E-state index in [1.165, 1.54) is 12.1 Å². The second-order valence-corrected chi connectivity index (χ2v) is 5.98. The van der Waals surface area contributed by atoms with Crippen molar-refractivity contribution in [1.82, 2.24) is 20.6 Å².